The number of pyridine rings is 1. The summed E-state index contributed by atoms with van der Waals surface area (Å²) in [7, 11) is 0. The van der Waals surface area contributed by atoms with Crippen LogP contribution in [0.3, 0.4) is 0 Å². The molecule has 0 atom stereocenters. The molecule has 2 rings (SSSR count). The molecule has 4 heteroatoms. The second kappa shape index (κ2) is 7.09. The predicted octanol–water partition coefficient (Wildman–Crippen LogP) is 3.60. The zero-order valence-electron chi connectivity index (χ0n) is 11.6. The highest BCUT2D eigenvalue weighted by Gasteiger charge is 2.06. The molecule has 0 spiro atoms. The van der Waals surface area contributed by atoms with E-state index in [9.17, 15) is 5.26 Å². The average molecular weight is 283 g/mol. The Balaban J connectivity index is 2.16. The summed E-state index contributed by atoms with van der Waals surface area (Å²) in [5, 5.41) is 12.7. The highest BCUT2D eigenvalue weighted by Crippen LogP contribution is 2.30. The summed E-state index contributed by atoms with van der Waals surface area (Å²) >= 11 is 1.59. The third-order valence-electron chi connectivity index (χ3n) is 2.76. The Hall–Kier alpha value is -1.83. The van der Waals surface area contributed by atoms with Crippen molar-refractivity contribution in [3.8, 4) is 6.07 Å². The lowest BCUT2D eigenvalue weighted by atomic mass is 10.1. The molecule has 1 aromatic heterocycles. The highest BCUT2D eigenvalue weighted by atomic mass is 32.2. The Bertz CT molecular complexity index is 603. The Morgan fingerprint density at radius 3 is 2.65 bits per heavy atom. The fourth-order valence-corrected chi connectivity index (χ4v) is 2.58. The summed E-state index contributed by atoms with van der Waals surface area (Å²) < 4.78 is 0. The van der Waals surface area contributed by atoms with Crippen molar-refractivity contribution in [1.82, 2.24) is 10.3 Å². The molecule has 0 aliphatic carbocycles. The minimum atomic E-state index is 0.436. The molecule has 0 aliphatic heterocycles. The summed E-state index contributed by atoms with van der Waals surface area (Å²) in [5.41, 5.74) is 1.85. The van der Waals surface area contributed by atoms with Gasteiger partial charge in [0.25, 0.3) is 0 Å². The fourth-order valence-electron chi connectivity index (χ4n) is 1.72. The average Bonchev–Trinajstić information content (AvgIpc) is 2.47. The molecule has 3 nitrogen and oxygen atoms in total. The summed E-state index contributed by atoms with van der Waals surface area (Å²) in [5.74, 6) is 0. The van der Waals surface area contributed by atoms with Crippen LogP contribution in [0.15, 0.2) is 52.5 Å². The number of nitrogens with one attached hydrogen (secondary N) is 1. The zero-order chi connectivity index (χ0) is 14.4. The van der Waals surface area contributed by atoms with Crippen LogP contribution < -0.4 is 5.32 Å². The van der Waals surface area contributed by atoms with Crippen molar-refractivity contribution in [3.05, 3.63) is 53.9 Å². The topological polar surface area (TPSA) is 48.7 Å². The minimum Gasteiger partial charge on any atom is -0.310 e. The van der Waals surface area contributed by atoms with Gasteiger partial charge in [-0.25, -0.2) is 0 Å². The van der Waals surface area contributed by atoms with Gasteiger partial charge >= 0.3 is 0 Å². The Labute approximate surface area is 124 Å². The Morgan fingerprint density at radius 2 is 2.00 bits per heavy atom. The van der Waals surface area contributed by atoms with Gasteiger partial charge in [0.05, 0.1) is 5.56 Å². The maximum Gasteiger partial charge on any atom is 0.100 e. The molecule has 0 amide bonds. The molecule has 2 aromatic rings. The van der Waals surface area contributed by atoms with Gasteiger partial charge in [0, 0.05) is 34.8 Å². The van der Waals surface area contributed by atoms with Crippen LogP contribution in [-0.2, 0) is 6.54 Å². The number of nitriles is 1. The molecule has 20 heavy (non-hydrogen) atoms. The van der Waals surface area contributed by atoms with E-state index in [-0.39, 0.29) is 0 Å². The Morgan fingerprint density at radius 1 is 1.25 bits per heavy atom. The van der Waals surface area contributed by atoms with Crippen LogP contribution in [0.4, 0.5) is 0 Å². The third kappa shape index (κ3) is 4.09. The summed E-state index contributed by atoms with van der Waals surface area (Å²) in [6, 6.07) is 12.6. The van der Waals surface area contributed by atoms with Crippen LogP contribution in [-0.4, -0.2) is 11.0 Å². The fraction of sp³-hybridized carbons (Fsp3) is 0.250. The first kappa shape index (κ1) is 14.6. The van der Waals surface area contributed by atoms with Crippen LogP contribution in [0.2, 0.25) is 0 Å². The van der Waals surface area contributed by atoms with Crippen molar-refractivity contribution in [1.29, 1.82) is 5.26 Å². The quantitative estimate of drug-likeness (QED) is 0.910. The van der Waals surface area contributed by atoms with Crippen LogP contribution in [0.5, 0.6) is 0 Å². The molecule has 0 fully saturated rings. The van der Waals surface area contributed by atoms with E-state index < -0.39 is 0 Å². The molecular formula is C16H17N3S. The second-order valence-electron chi connectivity index (χ2n) is 4.76. The molecule has 0 radical (unpaired) electrons. The van der Waals surface area contributed by atoms with E-state index in [1.807, 2.05) is 24.3 Å². The number of benzene rings is 1. The van der Waals surface area contributed by atoms with Gasteiger partial charge in [0.15, 0.2) is 0 Å². The van der Waals surface area contributed by atoms with Gasteiger partial charge in [0.1, 0.15) is 6.07 Å². The summed E-state index contributed by atoms with van der Waals surface area (Å²) in [6.07, 6.45) is 3.52. The molecule has 0 bridgehead atoms. The van der Waals surface area contributed by atoms with E-state index >= 15 is 0 Å². The first-order chi connectivity index (χ1) is 9.69. The standard InChI is InChI=1S/C16H17N3S/c1-12(2)19-11-13-3-4-16(14(9-13)10-17)20-15-5-7-18-8-6-15/h3-9,12,19H,11H2,1-2H3. The molecule has 0 saturated carbocycles. The second-order valence-corrected chi connectivity index (χ2v) is 5.88. The molecular weight excluding hydrogens is 266 g/mol. The maximum atomic E-state index is 9.30. The van der Waals surface area contributed by atoms with Crippen LogP contribution in [0.1, 0.15) is 25.0 Å². The number of nitrogens with zero attached hydrogens (tertiary/aromatic N) is 2. The minimum absolute atomic E-state index is 0.436. The van der Waals surface area contributed by atoms with Gasteiger partial charge in [-0.1, -0.05) is 31.7 Å². The van der Waals surface area contributed by atoms with E-state index in [1.165, 1.54) is 0 Å². The lowest BCUT2D eigenvalue weighted by Crippen LogP contribution is -2.21. The molecule has 0 aliphatic rings. The third-order valence-corrected chi connectivity index (χ3v) is 3.84. The molecule has 1 heterocycles. The molecule has 1 N–H and O–H groups in total. The first-order valence-corrected chi connectivity index (χ1v) is 7.35. The molecule has 1 aromatic carbocycles. The van der Waals surface area contributed by atoms with E-state index in [0.29, 0.717) is 6.04 Å². The Kier molecular flexibility index (Phi) is 5.16. The summed E-state index contributed by atoms with van der Waals surface area (Å²) in [6.45, 7) is 5.00. The van der Waals surface area contributed by atoms with Crippen molar-refractivity contribution >= 4 is 11.8 Å². The molecule has 0 unspecified atom stereocenters. The van der Waals surface area contributed by atoms with Gasteiger partial charge in [-0.2, -0.15) is 5.26 Å². The molecule has 102 valence electrons. The van der Waals surface area contributed by atoms with Gasteiger partial charge < -0.3 is 5.32 Å². The zero-order valence-corrected chi connectivity index (χ0v) is 12.4. The number of aromatic nitrogens is 1. The van der Waals surface area contributed by atoms with Crippen LogP contribution in [0, 0.1) is 11.3 Å². The monoisotopic (exact) mass is 283 g/mol. The van der Waals surface area contributed by atoms with Crippen molar-refractivity contribution in [2.45, 2.75) is 36.2 Å². The van der Waals surface area contributed by atoms with E-state index in [4.69, 9.17) is 0 Å². The van der Waals surface area contributed by atoms with Crippen molar-refractivity contribution in [2.24, 2.45) is 0 Å². The predicted molar refractivity (Wildman–Crippen MR) is 81.5 cm³/mol. The normalized spacial score (nSPS) is 10.5. The number of hydrogen-bond acceptors (Lipinski definition) is 4. The SMILES string of the molecule is CC(C)NCc1ccc(Sc2ccncc2)c(C#N)c1. The van der Waals surface area contributed by atoms with Crippen molar-refractivity contribution < 1.29 is 0 Å². The van der Waals surface area contributed by atoms with Crippen molar-refractivity contribution in [2.75, 3.05) is 0 Å². The highest BCUT2D eigenvalue weighted by molar-refractivity contribution is 7.99. The first-order valence-electron chi connectivity index (χ1n) is 6.53. The van der Waals surface area contributed by atoms with Gasteiger partial charge in [-0.15, -0.1) is 0 Å². The number of hydrogen-bond donors (Lipinski definition) is 1. The van der Waals surface area contributed by atoms with Crippen molar-refractivity contribution in [3.63, 3.8) is 0 Å². The largest absolute Gasteiger partial charge is 0.310 e. The van der Waals surface area contributed by atoms with E-state index in [2.05, 4.69) is 36.3 Å². The van der Waals surface area contributed by atoms with E-state index in [0.717, 1.165) is 27.5 Å². The summed E-state index contributed by atoms with van der Waals surface area (Å²) in [4.78, 5) is 6.06. The lowest BCUT2D eigenvalue weighted by Gasteiger charge is -2.10. The molecule has 0 saturated heterocycles. The van der Waals surface area contributed by atoms with Gasteiger partial charge in [-0.3, -0.25) is 4.98 Å². The van der Waals surface area contributed by atoms with Gasteiger partial charge in [-0.05, 0) is 29.8 Å². The van der Waals surface area contributed by atoms with Gasteiger partial charge in [0.2, 0.25) is 0 Å². The smallest absolute Gasteiger partial charge is 0.100 e. The van der Waals surface area contributed by atoms with Crippen LogP contribution >= 0.6 is 11.8 Å². The van der Waals surface area contributed by atoms with E-state index in [1.54, 1.807) is 24.2 Å². The lowest BCUT2D eigenvalue weighted by molar-refractivity contribution is 0.588. The maximum absolute atomic E-state index is 9.30. The van der Waals surface area contributed by atoms with Crippen LogP contribution in [0.25, 0.3) is 0 Å². The number of rotatable bonds is 5.